The maximum absolute atomic E-state index is 13.1. The van der Waals surface area contributed by atoms with Gasteiger partial charge in [0.05, 0.1) is 35.7 Å². The molecule has 0 unspecified atom stereocenters. The normalized spacial score (nSPS) is 11.3. The zero-order valence-electron chi connectivity index (χ0n) is 15.1. The third-order valence-electron chi connectivity index (χ3n) is 4.35. The summed E-state index contributed by atoms with van der Waals surface area (Å²) in [7, 11) is 0. The van der Waals surface area contributed by atoms with Crippen LogP contribution in [0.15, 0.2) is 85.2 Å². The molecule has 6 nitrogen and oxygen atoms in total. The number of furan rings is 2. The molecule has 0 N–H and O–H groups in total. The molecule has 0 fully saturated rings. The Morgan fingerprint density at radius 1 is 1.00 bits per heavy atom. The average molecular weight is 422 g/mol. The number of fused-ring (bicyclic) bond motifs is 1. The van der Waals surface area contributed by atoms with Crippen LogP contribution in [-0.4, -0.2) is 14.5 Å². The summed E-state index contributed by atoms with van der Waals surface area (Å²) in [5.74, 6) is 2.06. The number of hydrogen-bond donors (Lipinski definition) is 0. The van der Waals surface area contributed by atoms with Gasteiger partial charge in [-0.3, -0.25) is 9.36 Å². The van der Waals surface area contributed by atoms with Gasteiger partial charge in [-0.05, 0) is 36.4 Å². The van der Waals surface area contributed by atoms with Crippen LogP contribution < -0.4 is 5.56 Å². The molecule has 0 saturated heterocycles. The van der Waals surface area contributed by atoms with Crippen molar-refractivity contribution in [1.29, 1.82) is 0 Å². The third-order valence-corrected chi connectivity index (χ3v) is 6.27. The number of aromatic nitrogens is 3. The van der Waals surface area contributed by atoms with Crippen molar-refractivity contribution in [2.24, 2.45) is 0 Å². The van der Waals surface area contributed by atoms with E-state index in [0.717, 1.165) is 16.5 Å². The third kappa shape index (κ3) is 3.64. The highest BCUT2D eigenvalue weighted by molar-refractivity contribution is 7.98. The van der Waals surface area contributed by atoms with E-state index in [1.54, 1.807) is 23.2 Å². The molecule has 0 aliphatic carbocycles. The number of nitrogens with zero attached hydrogens (tertiary/aromatic N) is 3. The second-order valence-electron chi connectivity index (χ2n) is 6.29. The van der Waals surface area contributed by atoms with Gasteiger partial charge >= 0.3 is 0 Å². The Labute approximate surface area is 173 Å². The Kier molecular flexibility index (Phi) is 4.79. The van der Waals surface area contributed by atoms with Crippen LogP contribution in [0.1, 0.15) is 11.5 Å². The number of thiazole rings is 1. The fourth-order valence-corrected chi connectivity index (χ4v) is 4.76. The SMILES string of the molecule is O=c1c2ccccc2nc(SCc2csc(-c3ccco3)n2)n1Cc1ccco1. The quantitative estimate of drug-likeness (QED) is 0.282. The van der Waals surface area contributed by atoms with E-state index in [2.05, 4.69) is 4.98 Å². The second-order valence-corrected chi connectivity index (χ2v) is 8.09. The highest BCUT2D eigenvalue weighted by Crippen LogP contribution is 2.28. The highest BCUT2D eigenvalue weighted by Gasteiger charge is 2.14. The van der Waals surface area contributed by atoms with Gasteiger partial charge in [0, 0.05) is 11.1 Å². The summed E-state index contributed by atoms with van der Waals surface area (Å²) in [6.07, 6.45) is 3.24. The van der Waals surface area contributed by atoms with Crippen LogP contribution in [0.25, 0.3) is 21.7 Å². The van der Waals surface area contributed by atoms with Crippen LogP contribution in [0, 0.1) is 0 Å². The van der Waals surface area contributed by atoms with Gasteiger partial charge < -0.3 is 8.83 Å². The summed E-state index contributed by atoms with van der Waals surface area (Å²) in [6.45, 7) is 0.334. The first-order valence-corrected chi connectivity index (χ1v) is 10.8. The molecule has 0 saturated carbocycles. The molecular formula is C21H15N3O3S2. The van der Waals surface area contributed by atoms with E-state index in [-0.39, 0.29) is 5.56 Å². The van der Waals surface area contributed by atoms with Crippen LogP contribution >= 0.6 is 23.1 Å². The molecule has 4 heterocycles. The lowest BCUT2D eigenvalue weighted by atomic mass is 10.2. The Morgan fingerprint density at radius 2 is 1.86 bits per heavy atom. The summed E-state index contributed by atoms with van der Waals surface area (Å²) in [6, 6.07) is 14.8. The summed E-state index contributed by atoms with van der Waals surface area (Å²) in [4.78, 5) is 22.4. The molecule has 0 radical (unpaired) electrons. The zero-order valence-corrected chi connectivity index (χ0v) is 16.8. The van der Waals surface area contributed by atoms with E-state index >= 15 is 0 Å². The highest BCUT2D eigenvalue weighted by atomic mass is 32.2. The molecule has 4 aromatic heterocycles. The zero-order chi connectivity index (χ0) is 19.6. The molecular weight excluding hydrogens is 406 g/mol. The van der Waals surface area contributed by atoms with E-state index in [4.69, 9.17) is 13.8 Å². The molecule has 29 heavy (non-hydrogen) atoms. The van der Waals surface area contributed by atoms with Gasteiger partial charge in [0.2, 0.25) is 0 Å². The fourth-order valence-electron chi connectivity index (χ4n) is 2.98. The molecule has 0 amide bonds. The predicted molar refractivity (Wildman–Crippen MR) is 113 cm³/mol. The van der Waals surface area contributed by atoms with Gasteiger partial charge in [-0.25, -0.2) is 9.97 Å². The number of benzene rings is 1. The maximum atomic E-state index is 13.1. The molecule has 144 valence electrons. The van der Waals surface area contributed by atoms with Crippen molar-refractivity contribution >= 4 is 34.0 Å². The molecule has 0 atom stereocenters. The molecule has 0 spiro atoms. The first kappa shape index (κ1) is 18.0. The number of rotatable bonds is 6. The Bertz CT molecular complexity index is 1300. The van der Waals surface area contributed by atoms with Crippen LogP contribution in [0.3, 0.4) is 0 Å². The van der Waals surface area contributed by atoms with E-state index in [0.29, 0.717) is 34.1 Å². The number of hydrogen-bond acceptors (Lipinski definition) is 7. The van der Waals surface area contributed by atoms with Crippen LogP contribution in [0.2, 0.25) is 0 Å². The van der Waals surface area contributed by atoms with Gasteiger partial charge in [0.1, 0.15) is 5.76 Å². The Morgan fingerprint density at radius 3 is 2.69 bits per heavy atom. The minimum atomic E-state index is -0.0796. The number of thioether (sulfide) groups is 1. The molecule has 0 aliphatic rings. The monoisotopic (exact) mass is 421 g/mol. The first-order valence-electron chi connectivity index (χ1n) is 8.91. The van der Waals surface area contributed by atoms with Gasteiger partial charge in [0.25, 0.3) is 5.56 Å². The maximum Gasteiger partial charge on any atom is 0.262 e. The molecule has 0 bridgehead atoms. The Balaban J connectivity index is 1.47. The van der Waals surface area contributed by atoms with Crippen molar-refractivity contribution in [2.45, 2.75) is 17.5 Å². The van der Waals surface area contributed by atoms with Gasteiger partial charge in [-0.2, -0.15) is 0 Å². The van der Waals surface area contributed by atoms with Gasteiger partial charge in [-0.15, -0.1) is 11.3 Å². The summed E-state index contributed by atoms with van der Waals surface area (Å²) in [5, 5.41) is 4.07. The first-order chi connectivity index (χ1) is 14.3. The van der Waals surface area contributed by atoms with Crippen LogP contribution in [0.4, 0.5) is 0 Å². The van der Waals surface area contributed by atoms with Crippen LogP contribution in [-0.2, 0) is 12.3 Å². The number of para-hydroxylation sites is 1. The van der Waals surface area contributed by atoms with Crippen LogP contribution in [0.5, 0.6) is 0 Å². The largest absolute Gasteiger partial charge is 0.467 e. The molecule has 8 heteroatoms. The topological polar surface area (TPSA) is 74.1 Å². The predicted octanol–water partition coefficient (Wildman–Crippen LogP) is 5.05. The van der Waals surface area contributed by atoms with E-state index in [1.165, 1.54) is 23.1 Å². The summed E-state index contributed by atoms with van der Waals surface area (Å²) in [5.41, 5.74) is 1.52. The lowest BCUT2D eigenvalue weighted by Gasteiger charge is -2.11. The van der Waals surface area contributed by atoms with Crippen molar-refractivity contribution in [3.8, 4) is 10.8 Å². The molecule has 0 aliphatic heterocycles. The lowest BCUT2D eigenvalue weighted by molar-refractivity contribution is 0.476. The molecule has 1 aromatic carbocycles. The van der Waals surface area contributed by atoms with Crippen molar-refractivity contribution in [3.63, 3.8) is 0 Å². The van der Waals surface area contributed by atoms with Crippen molar-refractivity contribution in [1.82, 2.24) is 14.5 Å². The van der Waals surface area contributed by atoms with Crippen molar-refractivity contribution in [3.05, 3.63) is 88.2 Å². The van der Waals surface area contributed by atoms with E-state index in [9.17, 15) is 4.79 Å². The second kappa shape index (κ2) is 7.73. The molecule has 5 rings (SSSR count). The van der Waals surface area contributed by atoms with Crippen molar-refractivity contribution in [2.75, 3.05) is 0 Å². The fraction of sp³-hybridized carbons (Fsp3) is 0.0952. The van der Waals surface area contributed by atoms with E-state index in [1.807, 2.05) is 47.8 Å². The minimum absolute atomic E-state index is 0.0796. The lowest BCUT2D eigenvalue weighted by Crippen LogP contribution is -2.23. The minimum Gasteiger partial charge on any atom is -0.467 e. The van der Waals surface area contributed by atoms with Gasteiger partial charge in [0.15, 0.2) is 15.9 Å². The standard InChI is InChI=1S/C21H15N3O3S2/c25-20-16-6-1-2-7-17(16)23-21(24(20)11-15-5-3-9-26-15)29-13-14-12-28-19(22-14)18-8-4-10-27-18/h1-10,12H,11,13H2. The Hall–Kier alpha value is -3.10. The molecule has 5 aromatic rings. The summed E-state index contributed by atoms with van der Waals surface area (Å²) >= 11 is 3.02. The smallest absolute Gasteiger partial charge is 0.262 e. The average Bonchev–Trinajstić information content (AvgIpc) is 3.51. The van der Waals surface area contributed by atoms with Gasteiger partial charge in [-0.1, -0.05) is 23.9 Å². The van der Waals surface area contributed by atoms with Crippen molar-refractivity contribution < 1.29 is 8.83 Å². The summed E-state index contributed by atoms with van der Waals surface area (Å²) < 4.78 is 12.5. The van der Waals surface area contributed by atoms with E-state index < -0.39 is 0 Å².